The molecule has 124 valence electrons. The van der Waals surface area contributed by atoms with Gasteiger partial charge in [-0.25, -0.2) is 4.79 Å². The lowest BCUT2D eigenvalue weighted by Crippen LogP contribution is -2.45. The van der Waals surface area contributed by atoms with Gasteiger partial charge in [-0.2, -0.15) is 0 Å². The number of halogens is 1. The molecule has 0 bridgehead atoms. The monoisotopic (exact) mass is 369 g/mol. The molecule has 4 nitrogen and oxygen atoms in total. The fraction of sp³-hybridized carbons (Fsp3) is 0.588. The molecule has 0 fully saturated rings. The molecule has 1 rings (SSSR count). The highest BCUT2D eigenvalue weighted by Crippen LogP contribution is 2.20. The van der Waals surface area contributed by atoms with Crippen molar-refractivity contribution in [2.24, 2.45) is 5.92 Å². The molecule has 0 saturated carbocycles. The molecule has 0 aliphatic heterocycles. The summed E-state index contributed by atoms with van der Waals surface area (Å²) in [6.07, 6.45) is 1.08. The number of nitrogens with one attached hydrogen (secondary N) is 2. The Kier molecular flexibility index (Phi) is 8.49. The van der Waals surface area contributed by atoms with E-state index in [1.807, 2.05) is 24.3 Å². The van der Waals surface area contributed by atoms with Crippen LogP contribution in [0.4, 0.5) is 10.5 Å². The largest absolute Gasteiger partial charge is 0.336 e. The highest BCUT2D eigenvalue weighted by atomic mass is 79.9. The van der Waals surface area contributed by atoms with Gasteiger partial charge in [0.25, 0.3) is 0 Å². The van der Waals surface area contributed by atoms with Gasteiger partial charge in [0.2, 0.25) is 0 Å². The number of anilines is 1. The van der Waals surface area contributed by atoms with Gasteiger partial charge >= 0.3 is 6.03 Å². The molecule has 1 atom stereocenters. The van der Waals surface area contributed by atoms with Crippen LogP contribution in [0.2, 0.25) is 0 Å². The Balaban J connectivity index is 2.56. The van der Waals surface area contributed by atoms with E-state index >= 15 is 0 Å². The predicted molar refractivity (Wildman–Crippen MR) is 97.3 cm³/mol. The Morgan fingerprint density at radius 3 is 2.41 bits per heavy atom. The van der Waals surface area contributed by atoms with Crippen LogP contribution in [0.25, 0.3) is 0 Å². The smallest absolute Gasteiger partial charge is 0.319 e. The fourth-order valence-corrected chi connectivity index (χ4v) is 2.97. The zero-order valence-corrected chi connectivity index (χ0v) is 15.6. The van der Waals surface area contributed by atoms with Gasteiger partial charge in [-0.3, -0.25) is 4.90 Å². The number of carbonyl (C=O) groups excluding carboxylic acids is 1. The molecule has 0 heterocycles. The molecule has 1 aromatic rings. The van der Waals surface area contributed by atoms with Crippen molar-refractivity contribution in [2.45, 2.75) is 40.2 Å². The minimum absolute atomic E-state index is 0.159. The third kappa shape index (κ3) is 6.36. The van der Waals surface area contributed by atoms with E-state index in [4.69, 9.17) is 0 Å². The van der Waals surface area contributed by atoms with Gasteiger partial charge in [-0.05, 0) is 53.5 Å². The minimum atomic E-state index is -0.159. The van der Waals surface area contributed by atoms with Crippen LogP contribution < -0.4 is 10.6 Å². The molecule has 0 aliphatic rings. The first kappa shape index (κ1) is 19.0. The minimum Gasteiger partial charge on any atom is -0.336 e. The summed E-state index contributed by atoms with van der Waals surface area (Å²) in [4.78, 5) is 14.5. The second kappa shape index (κ2) is 9.85. The molecular formula is C17H28BrN3O. The van der Waals surface area contributed by atoms with Gasteiger partial charge in [-0.15, -0.1) is 0 Å². The van der Waals surface area contributed by atoms with Crippen molar-refractivity contribution >= 4 is 27.6 Å². The standard InChI is InChI=1S/C17H28BrN3O/c1-5-21(6-2)14(11-13(3)4)12-19-17(22)20-16-10-8-7-9-15(16)18/h7-10,13-14H,5-6,11-12H2,1-4H3,(H2,19,20,22). The fourth-order valence-electron chi connectivity index (χ4n) is 2.59. The maximum Gasteiger partial charge on any atom is 0.319 e. The maximum absolute atomic E-state index is 12.1. The van der Waals surface area contributed by atoms with E-state index in [0.717, 1.165) is 29.7 Å². The molecule has 0 aliphatic carbocycles. The van der Waals surface area contributed by atoms with Crippen molar-refractivity contribution in [1.82, 2.24) is 10.2 Å². The molecule has 0 spiro atoms. The van der Waals surface area contributed by atoms with Crippen molar-refractivity contribution < 1.29 is 4.79 Å². The Morgan fingerprint density at radius 2 is 1.86 bits per heavy atom. The summed E-state index contributed by atoms with van der Waals surface area (Å²) in [5.41, 5.74) is 0.781. The summed E-state index contributed by atoms with van der Waals surface area (Å²) >= 11 is 3.43. The normalized spacial score (nSPS) is 12.5. The van der Waals surface area contributed by atoms with Crippen LogP contribution in [0.15, 0.2) is 28.7 Å². The van der Waals surface area contributed by atoms with Gasteiger partial charge in [0.1, 0.15) is 0 Å². The van der Waals surface area contributed by atoms with Crippen molar-refractivity contribution in [3.63, 3.8) is 0 Å². The zero-order chi connectivity index (χ0) is 16.5. The molecule has 5 heteroatoms. The topological polar surface area (TPSA) is 44.4 Å². The van der Waals surface area contributed by atoms with Crippen molar-refractivity contribution in [2.75, 3.05) is 25.0 Å². The number of likely N-dealkylation sites (N-methyl/N-ethyl adjacent to an activating group) is 1. The molecule has 0 aromatic heterocycles. The molecule has 0 saturated heterocycles. The van der Waals surface area contributed by atoms with E-state index in [9.17, 15) is 4.79 Å². The van der Waals surface area contributed by atoms with E-state index < -0.39 is 0 Å². The van der Waals surface area contributed by atoms with Crippen LogP contribution in [-0.2, 0) is 0 Å². The third-order valence-corrected chi connectivity index (χ3v) is 4.38. The maximum atomic E-state index is 12.1. The average Bonchev–Trinajstić information content (AvgIpc) is 2.47. The molecule has 2 amide bonds. The van der Waals surface area contributed by atoms with Gasteiger partial charge < -0.3 is 10.6 Å². The summed E-state index contributed by atoms with van der Waals surface area (Å²) in [5.74, 6) is 0.610. The first-order chi connectivity index (χ1) is 10.5. The Morgan fingerprint density at radius 1 is 1.23 bits per heavy atom. The Labute approximate surface area is 142 Å². The first-order valence-corrected chi connectivity index (χ1v) is 8.80. The quantitative estimate of drug-likeness (QED) is 0.716. The van der Waals surface area contributed by atoms with E-state index in [0.29, 0.717) is 18.5 Å². The molecule has 1 unspecified atom stereocenters. The van der Waals surface area contributed by atoms with Crippen LogP contribution in [-0.4, -0.2) is 36.6 Å². The molecule has 1 aromatic carbocycles. The summed E-state index contributed by atoms with van der Waals surface area (Å²) in [5, 5.41) is 5.88. The lowest BCUT2D eigenvalue weighted by atomic mass is 10.0. The SMILES string of the molecule is CCN(CC)C(CNC(=O)Nc1ccccc1Br)CC(C)C. The second-order valence-electron chi connectivity index (χ2n) is 5.82. The second-order valence-corrected chi connectivity index (χ2v) is 6.67. The molecule has 22 heavy (non-hydrogen) atoms. The van der Waals surface area contributed by atoms with Crippen LogP contribution in [0, 0.1) is 5.92 Å². The molecule has 0 radical (unpaired) electrons. The lowest BCUT2D eigenvalue weighted by Gasteiger charge is -2.31. The number of nitrogens with zero attached hydrogens (tertiary/aromatic N) is 1. The van der Waals surface area contributed by atoms with E-state index in [1.165, 1.54) is 0 Å². The average molecular weight is 370 g/mol. The highest BCUT2D eigenvalue weighted by Gasteiger charge is 2.18. The third-order valence-electron chi connectivity index (χ3n) is 3.69. The predicted octanol–water partition coefficient (Wildman–Crippen LogP) is 4.33. The number of para-hydroxylation sites is 1. The summed E-state index contributed by atoms with van der Waals surface area (Å²) in [6, 6.07) is 7.82. The summed E-state index contributed by atoms with van der Waals surface area (Å²) in [7, 11) is 0. The Hall–Kier alpha value is -1.07. The van der Waals surface area contributed by atoms with Crippen molar-refractivity contribution in [3.05, 3.63) is 28.7 Å². The number of urea groups is 1. The number of amides is 2. The number of rotatable bonds is 8. The number of hydrogen-bond acceptors (Lipinski definition) is 2. The van der Waals surface area contributed by atoms with Gasteiger partial charge in [-0.1, -0.05) is 39.8 Å². The van der Waals surface area contributed by atoms with Crippen molar-refractivity contribution in [3.8, 4) is 0 Å². The molecule has 2 N–H and O–H groups in total. The number of hydrogen-bond donors (Lipinski definition) is 2. The van der Waals surface area contributed by atoms with Gasteiger partial charge in [0.05, 0.1) is 5.69 Å². The lowest BCUT2D eigenvalue weighted by molar-refractivity contribution is 0.186. The summed E-state index contributed by atoms with van der Waals surface area (Å²) < 4.78 is 0.882. The van der Waals surface area contributed by atoms with E-state index in [-0.39, 0.29) is 6.03 Å². The van der Waals surface area contributed by atoms with Crippen LogP contribution in [0.5, 0.6) is 0 Å². The van der Waals surface area contributed by atoms with Crippen molar-refractivity contribution in [1.29, 1.82) is 0 Å². The highest BCUT2D eigenvalue weighted by molar-refractivity contribution is 9.10. The first-order valence-electron chi connectivity index (χ1n) is 8.01. The van der Waals surface area contributed by atoms with Gasteiger partial charge in [0.15, 0.2) is 0 Å². The van der Waals surface area contributed by atoms with Gasteiger partial charge in [0, 0.05) is 17.1 Å². The Bertz CT molecular complexity index is 461. The molecular weight excluding hydrogens is 342 g/mol. The summed E-state index contributed by atoms with van der Waals surface area (Å²) in [6.45, 7) is 11.4. The van der Waals surface area contributed by atoms with Crippen LogP contribution in [0.3, 0.4) is 0 Å². The van der Waals surface area contributed by atoms with E-state index in [2.05, 4.69) is 59.2 Å². The van der Waals surface area contributed by atoms with Crippen LogP contribution in [0.1, 0.15) is 34.1 Å². The number of benzene rings is 1. The number of carbonyl (C=O) groups is 1. The van der Waals surface area contributed by atoms with E-state index in [1.54, 1.807) is 0 Å². The zero-order valence-electron chi connectivity index (χ0n) is 14.0. The van der Waals surface area contributed by atoms with Crippen LogP contribution >= 0.6 is 15.9 Å².